The lowest BCUT2D eigenvalue weighted by molar-refractivity contribution is -0.0826. The van der Waals surface area contributed by atoms with Gasteiger partial charge in [-0.3, -0.25) is 4.79 Å². The highest BCUT2D eigenvalue weighted by molar-refractivity contribution is 6.37. The number of β-amino-alcohol motifs (C(OH)–C–C–N with tert-alkyl or cyclic N) is 1. The van der Waals surface area contributed by atoms with Gasteiger partial charge in [0.05, 0.1) is 35.8 Å². The Bertz CT molecular complexity index is 490. The van der Waals surface area contributed by atoms with Crippen LogP contribution in [0.1, 0.15) is 23.7 Å². The molecule has 1 N–H and O–H groups in total. The number of methoxy groups -OCH3 is 1. The Hall–Kier alpha value is -0.970. The summed E-state index contributed by atoms with van der Waals surface area (Å²) < 4.78 is 5.03. The number of carbonyl (C=O) groups excluding carboxylic acids is 1. The Morgan fingerprint density at radius 2 is 1.95 bits per heavy atom. The van der Waals surface area contributed by atoms with Crippen molar-refractivity contribution in [2.45, 2.75) is 18.9 Å². The minimum Gasteiger partial charge on any atom is -0.494 e. The third-order valence-corrected chi connectivity index (χ3v) is 3.93. The zero-order valence-electron chi connectivity index (χ0n) is 10.7. The van der Waals surface area contributed by atoms with Gasteiger partial charge in [-0.05, 0) is 18.6 Å². The number of carbonyl (C=O) groups is 1. The lowest BCUT2D eigenvalue weighted by Gasteiger charge is -2.46. The number of likely N-dealkylation sites (tertiary alicyclic amines) is 1. The molecule has 1 heterocycles. The van der Waals surface area contributed by atoms with Crippen molar-refractivity contribution in [3.8, 4) is 5.75 Å². The first-order valence-corrected chi connectivity index (χ1v) is 6.70. The van der Waals surface area contributed by atoms with Crippen molar-refractivity contribution in [1.29, 1.82) is 0 Å². The molecule has 1 aliphatic heterocycles. The van der Waals surface area contributed by atoms with E-state index in [0.717, 1.165) is 0 Å². The van der Waals surface area contributed by atoms with E-state index < -0.39 is 5.60 Å². The van der Waals surface area contributed by atoms with E-state index in [1.807, 2.05) is 6.92 Å². The van der Waals surface area contributed by atoms with Crippen LogP contribution < -0.4 is 4.74 Å². The summed E-state index contributed by atoms with van der Waals surface area (Å²) >= 11 is 12.0. The van der Waals surface area contributed by atoms with E-state index >= 15 is 0 Å². The number of halogens is 2. The van der Waals surface area contributed by atoms with Crippen LogP contribution in [0, 0.1) is 0 Å². The van der Waals surface area contributed by atoms with Gasteiger partial charge < -0.3 is 14.7 Å². The van der Waals surface area contributed by atoms with Crippen LogP contribution in [-0.4, -0.2) is 41.7 Å². The van der Waals surface area contributed by atoms with Gasteiger partial charge in [0.15, 0.2) is 5.75 Å². The Labute approximate surface area is 121 Å². The highest BCUT2D eigenvalue weighted by atomic mass is 35.5. The third kappa shape index (κ3) is 2.66. The van der Waals surface area contributed by atoms with E-state index in [1.54, 1.807) is 4.90 Å². The topological polar surface area (TPSA) is 49.8 Å². The standard InChI is InChI=1S/C13H15Cl2NO3/c1-3-13(18)6-16(7-13)12(17)8-4-9(14)11(19-2)10(15)5-8/h4-5,18H,3,6-7H2,1-2H3. The second-order valence-electron chi connectivity index (χ2n) is 4.71. The van der Waals surface area contributed by atoms with Crippen molar-refractivity contribution in [3.63, 3.8) is 0 Å². The molecule has 0 unspecified atom stereocenters. The van der Waals surface area contributed by atoms with Crippen LogP contribution in [0.4, 0.5) is 0 Å². The maximum atomic E-state index is 12.2. The first-order valence-electron chi connectivity index (χ1n) is 5.95. The summed E-state index contributed by atoms with van der Waals surface area (Å²) in [7, 11) is 1.46. The summed E-state index contributed by atoms with van der Waals surface area (Å²) in [6.45, 7) is 2.57. The van der Waals surface area contributed by atoms with Crippen molar-refractivity contribution in [2.75, 3.05) is 20.2 Å². The van der Waals surface area contributed by atoms with Gasteiger partial charge in [0, 0.05) is 5.56 Å². The first-order chi connectivity index (χ1) is 8.90. The SMILES string of the molecule is CCC1(O)CN(C(=O)c2cc(Cl)c(OC)c(Cl)c2)C1. The zero-order chi connectivity index (χ0) is 14.2. The van der Waals surface area contributed by atoms with Crippen molar-refractivity contribution in [3.05, 3.63) is 27.7 Å². The molecule has 6 heteroatoms. The molecule has 2 rings (SSSR count). The summed E-state index contributed by atoms with van der Waals surface area (Å²) in [5.74, 6) is 0.165. The Morgan fingerprint density at radius 3 is 2.37 bits per heavy atom. The van der Waals surface area contributed by atoms with Crippen LogP contribution in [-0.2, 0) is 0 Å². The molecular formula is C13H15Cl2NO3. The van der Waals surface area contributed by atoms with Gasteiger partial charge in [0.25, 0.3) is 5.91 Å². The fraction of sp³-hybridized carbons (Fsp3) is 0.462. The van der Waals surface area contributed by atoms with Crippen LogP contribution in [0.3, 0.4) is 0 Å². The van der Waals surface area contributed by atoms with Crippen LogP contribution in [0.25, 0.3) is 0 Å². The smallest absolute Gasteiger partial charge is 0.254 e. The van der Waals surface area contributed by atoms with Gasteiger partial charge in [-0.25, -0.2) is 0 Å². The molecule has 19 heavy (non-hydrogen) atoms. The second-order valence-corrected chi connectivity index (χ2v) is 5.53. The summed E-state index contributed by atoms with van der Waals surface area (Å²) in [5.41, 5.74) is -0.357. The molecule has 0 aliphatic carbocycles. The fourth-order valence-electron chi connectivity index (χ4n) is 2.09. The van der Waals surface area contributed by atoms with Gasteiger partial charge in [0.2, 0.25) is 0 Å². The number of benzene rings is 1. The Balaban J connectivity index is 2.18. The summed E-state index contributed by atoms with van der Waals surface area (Å²) in [4.78, 5) is 13.8. The second kappa shape index (κ2) is 5.19. The minimum atomic E-state index is -0.754. The predicted molar refractivity (Wildman–Crippen MR) is 74.2 cm³/mol. The number of hydrogen-bond acceptors (Lipinski definition) is 3. The molecule has 0 bridgehead atoms. The molecule has 0 saturated carbocycles. The molecule has 0 radical (unpaired) electrons. The maximum absolute atomic E-state index is 12.2. The molecule has 1 aliphatic rings. The number of amides is 1. The summed E-state index contributed by atoms with van der Waals surface area (Å²) in [6.07, 6.45) is 0.626. The van der Waals surface area contributed by atoms with E-state index in [1.165, 1.54) is 19.2 Å². The van der Waals surface area contributed by atoms with Crippen molar-refractivity contribution in [2.24, 2.45) is 0 Å². The monoisotopic (exact) mass is 303 g/mol. The molecule has 1 fully saturated rings. The van der Waals surface area contributed by atoms with E-state index in [9.17, 15) is 9.90 Å². The van der Waals surface area contributed by atoms with Crippen LogP contribution >= 0.6 is 23.2 Å². The summed E-state index contributed by atoms with van der Waals surface area (Å²) in [5, 5.41) is 10.5. The first kappa shape index (κ1) is 14.4. The lowest BCUT2D eigenvalue weighted by Crippen LogP contribution is -2.63. The van der Waals surface area contributed by atoms with E-state index in [0.29, 0.717) is 40.9 Å². The lowest BCUT2D eigenvalue weighted by atomic mass is 9.90. The highest BCUT2D eigenvalue weighted by Gasteiger charge is 2.42. The van der Waals surface area contributed by atoms with E-state index in [-0.39, 0.29) is 5.91 Å². The minimum absolute atomic E-state index is 0.190. The molecule has 0 aromatic heterocycles. The summed E-state index contributed by atoms with van der Waals surface area (Å²) in [6, 6.07) is 3.05. The molecule has 1 aromatic carbocycles. The molecule has 104 valence electrons. The number of hydrogen-bond donors (Lipinski definition) is 1. The van der Waals surface area contributed by atoms with E-state index in [4.69, 9.17) is 27.9 Å². The normalized spacial score (nSPS) is 17.0. The van der Waals surface area contributed by atoms with Crippen LogP contribution in [0.15, 0.2) is 12.1 Å². The average Bonchev–Trinajstić information content (AvgIpc) is 2.33. The van der Waals surface area contributed by atoms with Crippen molar-refractivity contribution < 1.29 is 14.6 Å². The number of aliphatic hydroxyl groups is 1. The highest BCUT2D eigenvalue weighted by Crippen LogP contribution is 2.35. The van der Waals surface area contributed by atoms with Crippen molar-refractivity contribution in [1.82, 2.24) is 4.90 Å². The van der Waals surface area contributed by atoms with Gasteiger partial charge in [-0.2, -0.15) is 0 Å². The van der Waals surface area contributed by atoms with Gasteiger partial charge >= 0.3 is 0 Å². The molecule has 0 atom stereocenters. The zero-order valence-corrected chi connectivity index (χ0v) is 12.3. The molecule has 1 aromatic rings. The maximum Gasteiger partial charge on any atom is 0.254 e. The number of ether oxygens (including phenoxy) is 1. The van der Waals surface area contributed by atoms with Gasteiger partial charge in [-0.1, -0.05) is 30.1 Å². The largest absolute Gasteiger partial charge is 0.494 e. The average molecular weight is 304 g/mol. The van der Waals surface area contributed by atoms with Crippen LogP contribution in [0.5, 0.6) is 5.75 Å². The predicted octanol–water partition coefficient (Wildman–Crippen LogP) is 2.60. The van der Waals surface area contributed by atoms with E-state index in [2.05, 4.69) is 0 Å². The Kier molecular flexibility index (Phi) is 3.95. The van der Waals surface area contributed by atoms with Crippen molar-refractivity contribution >= 4 is 29.1 Å². The van der Waals surface area contributed by atoms with Gasteiger partial charge in [0.1, 0.15) is 0 Å². The Morgan fingerprint density at radius 1 is 1.42 bits per heavy atom. The number of rotatable bonds is 3. The fourth-order valence-corrected chi connectivity index (χ4v) is 2.73. The number of nitrogens with zero attached hydrogens (tertiary/aromatic N) is 1. The molecule has 1 saturated heterocycles. The van der Waals surface area contributed by atoms with Crippen LogP contribution in [0.2, 0.25) is 10.0 Å². The quantitative estimate of drug-likeness (QED) is 0.934. The molecule has 1 amide bonds. The molecule has 4 nitrogen and oxygen atoms in total. The van der Waals surface area contributed by atoms with Gasteiger partial charge in [-0.15, -0.1) is 0 Å². The molecular weight excluding hydrogens is 289 g/mol. The third-order valence-electron chi connectivity index (χ3n) is 3.37. The molecule has 0 spiro atoms.